The minimum absolute atomic E-state index is 0.0638. The summed E-state index contributed by atoms with van der Waals surface area (Å²) in [6.45, 7) is 4.64. The van der Waals surface area contributed by atoms with Crippen LogP contribution in [0, 0.1) is 6.92 Å². The first-order valence-electron chi connectivity index (χ1n) is 7.03. The Balaban J connectivity index is 1.86. The van der Waals surface area contributed by atoms with Crippen molar-refractivity contribution in [3.05, 3.63) is 53.9 Å². The summed E-state index contributed by atoms with van der Waals surface area (Å²) >= 11 is 0. The summed E-state index contributed by atoms with van der Waals surface area (Å²) in [5.41, 5.74) is 2.12. The molecule has 4 heteroatoms. The molecule has 1 atom stereocenters. The minimum Gasteiger partial charge on any atom is -0.349 e. The second-order valence-corrected chi connectivity index (χ2v) is 4.91. The van der Waals surface area contributed by atoms with Gasteiger partial charge in [0, 0.05) is 19.2 Å². The van der Waals surface area contributed by atoms with Crippen molar-refractivity contribution in [1.29, 1.82) is 0 Å². The van der Waals surface area contributed by atoms with E-state index in [2.05, 4.69) is 17.3 Å². The lowest BCUT2D eigenvalue weighted by atomic mass is 10.0. The fourth-order valence-corrected chi connectivity index (χ4v) is 2.18. The zero-order valence-electron chi connectivity index (χ0n) is 12.0. The normalized spacial score (nSPS) is 12.1. The Morgan fingerprint density at radius 1 is 1.30 bits per heavy atom. The topological polar surface area (TPSA) is 46.9 Å². The van der Waals surface area contributed by atoms with Crippen molar-refractivity contribution in [3.8, 4) is 0 Å². The Labute approximate surface area is 119 Å². The second-order valence-electron chi connectivity index (χ2n) is 4.91. The van der Waals surface area contributed by atoms with E-state index in [0.717, 1.165) is 17.7 Å². The van der Waals surface area contributed by atoms with Crippen molar-refractivity contribution >= 4 is 5.91 Å². The number of hydrogen-bond donors (Lipinski definition) is 1. The van der Waals surface area contributed by atoms with E-state index in [1.165, 1.54) is 0 Å². The number of rotatable bonds is 6. The van der Waals surface area contributed by atoms with Crippen LogP contribution in [0.5, 0.6) is 0 Å². The molecule has 2 aromatic rings. The van der Waals surface area contributed by atoms with Crippen molar-refractivity contribution < 1.29 is 4.79 Å². The summed E-state index contributed by atoms with van der Waals surface area (Å²) in [5, 5.41) is 7.36. The molecule has 1 unspecified atom stereocenters. The number of benzene rings is 1. The van der Waals surface area contributed by atoms with Crippen LogP contribution in [0.15, 0.2) is 42.6 Å². The number of amides is 1. The molecule has 1 amide bonds. The minimum atomic E-state index is 0.0638. The molecule has 0 bridgehead atoms. The van der Waals surface area contributed by atoms with Gasteiger partial charge < -0.3 is 5.32 Å². The van der Waals surface area contributed by atoms with Gasteiger partial charge in [0.15, 0.2) is 0 Å². The zero-order chi connectivity index (χ0) is 14.4. The van der Waals surface area contributed by atoms with Gasteiger partial charge in [-0.3, -0.25) is 9.48 Å². The summed E-state index contributed by atoms with van der Waals surface area (Å²) in [4.78, 5) is 12.0. The third-order valence-corrected chi connectivity index (χ3v) is 3.29. The van der Waals surface area contributed by atoms with E-state index in [1.54, 1.807) is 4.68 Å². The van der Waals surface area contributed by atoms with Crippen molar-refractivity contribution in [2.75, 3.05) is 0 Å². The van der Waals surface area contributed by atoms with Crippen LogP contribution in [0.4, 0.5) is 0 Å². The van der Waals surface area contributed by atoms with Crippen LogP contribution in [-0.4, -0.2) is 15.7 Å². The molecule has 1 aromatic heterocycles. The summed E-state index contributed by atoms with van der Waals surface area (Å²) in [5.74, 6) is 0.0638. The highest BCUT2D eigenvalue weighted by Gasteiger charge is 2.12. The summed E-state index contributed by atoms with van der Waals surface area (Å²) < 4.78 is 1.80. The van der Waals surface area contributed by atoms with Crippen LogP contribution < -0.4 is 5.32 Å². The Kier molecular flexibility index (Phi) is 4.93. The third-order valence-electron chi connectivity index (χ3n) is 3.29. The Morgan fingerprint density at radius 3 is 2.65 bits per heavy atom. The molecular formula is C16H21N3O. The van der Waals surface area contributed by atoms with Gasteiger partial charge in [0.1, 0.15) is 0 Å². The van der Waals surface area contributed by atoms with Crippen molar-refractivity contribution in [2.45, 2.75) is 39.3 Å². The highest BCUT2D eigenvalue weighted by Crippen LogP contribution is 2.15. The molecule has 0 spiro atoms. The number of aryl methyl sites for hydroxylation is 2. The molecule has 1 N–H and O–H groups in total. The highest BCUT2D eigenvalue weighted by atomic mass is 16.1. The van der Waals surface area contributed by atoms with Crippen molar-refractivity contribution in [2.24, 2.45) is 0 Å². The van der Waals surface area contributed by atoms with E-state index in [4.69, 9.17) is 0 Å². The Morgan fingerprint density at radius 2 is 2.05 bits per heavy atom. The average Bonchev–Trinajstić information content (AvgIpc) is 2.89. The molecule has 0 aliphatic rings. The van der Waals surface area contributed by atoms with E-state index in [1.807, 2.05) is 49.5 Å². The second kappa shape index (κ2) is 6.89. The van der Waals surface area contributed by atoms with Crippen LogP contribution in [-0.2, 0) is 11.3 Å². The van der Waals surface area contributed by atoms with E-state index in [-0.39, 0.29) is 11.9 Å². The maximum Gasteiger partial charge on any atom is 0.222 e. The van der Waals surface area contributed by atoms with Crippen LogP contribution in [0.1, 0.15) is 37.1 Å². The lowest BCUT2D eigenvalue weighted by molar-refractivity contribution is -0.122. The number of carbonyl (C=O) groups is 1. The quantitative estimate of drug-likeness (QED) is 0.878. The fourth-order valence-electron chi connectivity index (χ4n) is 2.18. The number of aromatic nitrogens is 2. The van der Waals surface area contributed by atoms with Crippen molar-refractivity contribution in [1.82, 2.24) is 15.1 Å². The van der Waals surface area contributed by atoms with Crippen molar-refractivity contribution in [3.63, 3.8) is 0 Å². The van der Waals surface area contributed by atoms with Gasteiger partial charge in [0.05, 0.1) is 11.7 Å². The maximum atomic E-state index is 12.0. The first kappa shape index (κ1) is 14.3. The molecule has 20 heavy (non-hydrogen) atoms. The van der Waals surface area contributed by atoms with Gasteiger partial charge in [-0.1, -0.05) is 37.3 Å². The lowest BCUT2D eigenvalue weighted by Gasteiger charge is -2.17. The lowest BCUT2D eigenvalue weighted by Crippen LogP contribution is -2.28. The molecule has 0 aliphatic carbocycles. The van der Waals surface area contributed by atoms with E-state index in [0.29, 0.717) is 13.0 Å². The van der Waals surface area contributed by atoms with Crippen LogP contribution in [0.3, 0.4) is 0 Å². The molecule has 0 aliphatic heterocycles. The first-order chi connectivity index (χ1) is 9.69. The number of nitrogens with zero attached hydrogens (tertiary/aromatic N) is 2. The average molecular weight is 271 g/mol. The number of hydrogen-bond acceptors (Lipinski definition) is 2. The standard InChI is InChI=1S/C16H21N3O/c1-3-15(14-7-5-4-6-8-14)17-16(20)10-12-19-11-9-13(2)18-19/h4-9,11,15H,3,10,12H2,1-2H3,(H,17,20). The van der Waals surface area contributed by atoms with Gasteiger partial charge in [0.2, 0.25) is 5.91 Å². The smallest absolute Gasteiger partial charge is 0.222 e. The predicted octanol–water partition coefficient (Wildman–Crippen LogP) is 2.85. The highest BCUT2D eigenvalue weighted by molar-refractivity contribution is 5.76. The van der Waals surface area contributed by atoms with Gasteiger partial charge in [-0.05, 0) is 25.0 Å². The first-order valence-corrected chi connectivity index (χ1v) is 7.03. The zero-order valence-corrected chi connectivity index (χ0v) is 12.0. The van der Waals surface area contributed by atoms with Gasteiger partial charge in [-0.15, -0.1) is 0 Å². The summed E-state index contributed by atoms with van der Waals surface area (Å²) in [6, 6.07) is 12.1. The van der Waals surface area contributed by atoms with Gasteiger partial charge in [0.25, 0.3) is 0 Å². The fraction of sp³-hybridized carbons (Fsp3) is 0.375. The number of nitrogens with one attached hydrogen (secondary N) is 1. The molecule has 106 valence electrons. The molecule has 0 radical (unpaired) electrons. The van der Waals surface area contributed by atoms with Crippen LogP contribution in [0.2, 0.25) is 0 Å². The molecule has 4 nitrogen and oxygen atoms in total. The van der Waals surface area contributed by atoms with E-state index in [9.17, 15) is 4.79 Å². The van der Waals surface area contributed by atoms with Crippen LogP contribution in [0.25, 0.3) is 0 Å². The summed E-state index contributed by atoms with van der Waals surface area (Å²) in [7, 11) is 0. The largest absolute Gasteiger partial charge is 0.349 e. The van der Waals surface area contributed by atoms with Gasteiger partial charge in [-0.2, -0.15) is 5.10 Å². The Bertz CT molecular complexity index is 548. The molecule has 0 saturated carbocycles. The third kappa shape index (κ3) is 3.95. The SMILES string of the molecule is CCC(NC(=O)CCn1ccc(C)n1)c1ccccc1. The maximum absolute atomic E-state index is 12.0. The summed E-state index contributed by atoms with van der Waals surface area (Å²) in [6.07, 6.45) is 3.23. The number of carbonyl (C=O) groups excluding carboxylic acids is 1. The van der Waals surface area contributed by atoms with E-state index < -0.39 is 0 Å². The van der Waals surface area contributed by atoms with Gasteiger partial charge in [-0.25, -0.2) is 0 Å². The molecule has 2 rings (SSSR count). The monoisotopic (exact) mass is 271 g/mol. The molecule has 1 aromatic carbocycles. The Hall–Kier alpha value is -2.10. The molecule has 1 heterocycles. The molecule has 0 saturated heterocycles. The van der Waals surface area contributed by atoms with Gasteiger partial charge >= 0.3 is 0 Å². The molecular weight excluding hydrogens is 250 g/mol. The predicted molar refractivity (Wildman–Crippen MR) is 79.2 cm³/mol. The molecule has 0 fully saturated rings. The van der Waals surface area contributed by atoms with Crippen LogP contribution >= 0.6 is 0 Å². The van der Waals surface area contributed by atoms with E-state index >= 15 is 0 Å².